The maximum absolute atomic E-state index is 13.5. The molecule has 2 N–H and O–H groups in total. The molecular weight excluding hydrogens is 380 g/mol. The largest absolute Gasteiger partial charge is 0.392 e. The molecule has 158 valence electrons. The number of rotatable bonds is 4. The van der Waals surface area contributed by atoms with Crippen LogP contribution in [0, 0.1) is 13.8 Å². The lowest BCUT2D eigenvalue weighted by Gasteiger charge is -2.30. The molecule has 1 aliphatic carbocycles. The number of halogens is 2. The highest BCUT2D eigenvalue weighted by atomic mass is 19.3. The average molecular weight is 407 g/mol. The summed E-state index contributed by atoms with van der Waals surface area (Å²) in [7, 11) is 0. The normalized spacial score (nSPS) is 25.1. The van der Waals surface area contributed by atoms with Gasteiger partial charge in [0, 0.05) is 37.3 Å². The number of hydrogen-bond acceptors (Lipinski definition) is 6. The number of anilines is 1. The lowest BCUT2D eigenvalue weighted by Crippen LogP contribution is -2.33. The van der Waals surface area contributed by atoms with E-state index in [1.807, 2.05) is 19.9 Å². The van der Waals surface area contributed by atoms with Crippen molar-refractivity contribution in [1.82, 2.24) is 19.7 Å². The average Bonchev–Trinajstić information content (AvgIpc) is 3.02. The summed E-state index contributed by atoms with van der Waals surface area (Å²) in [4.78, 5) is 9.25. The fourth-order valence-electron chi connectivity index (χ4n) is 4.05. The van der Waals surface area contributed by atoms with Gasteiger partial charge in [0.25, 0.3) is 5.95 Å². The molecule has 0 aromatic carbocycles. The van der Waals surface area contributed by atoms with Crippen molar-refractivity contribution in [2.75, 3.05) is 18.5 Å². The van der Waals surface area contributed by atoms with E-state index in [0.717, 1.165) is 11.4 Å². The third kappa shape index (κ3) is 4.56. The summed E-state index contributed by atoms with van der Waals surface area (Å²) < 4.78 is 34.2. The summed E-state index contributed by atoms with van der Waals surface area (Å²) >= 11 is 0. The zero-order valence-electron chi connectivity index (χ0n) is 16.7. The van der Waals surface area contributed by atoms with Gasteiger partial charge in [0.15, 0.2) is 0 Å². The number of aliphatic hydroxyl groups excluding tert-OH is 1. The minimum absolute atomic E-state index is 0.0711. The van der Waals surface area contributed by atoms with Crippen molar-refractivity contribution in [3.8, 4) is 5.95 Å². The fourth-order valence-corrected chi connectivity index (χ4v) is 4.05. The van der Waals surface area contributed by atoms with E-state index in [9.17, 15) is 13.9 Å². The van der Waals surface area contributed by atoms with Crippen LogP contribution in [-0.2, 0) is 4.74 Å². The molecule has 2 unspecified atom stereocenters. The van der Waals surface area contributed by atoms with Gasteiger partial charge in [-0.1, -0.05) is 0 Å². The van der Waals surface area contributed by atoms with E-state index in [-0.39, 0.29) is 24.8 Å². The van der Waals surface area contributed by atoms with E-state index < -0.39 is 12.0 Å². The second-order valence-electron chi connectivity index (χ2n) is 8.13. The lowest BCUT2D eigenvalue weighted by molar-refractivity contribution is -0.0361. The molecule has 4 rings (SSSR count). The Balaban J connectivity index is 1.65. The SMILES string of the molecule is Cc1cc(C)n(-c2nc(NC3CCC(F)(F)CC3)cc(C3COCCC3O)n2)n1. The standard InChI is InChI=1S/C20H27F2N5O2/c1-12-9-13(2)27(26-12)19-24-16(15-11-29-8-5-17(15)28)10-18(25-19)23-14-3-6-20(21,22)7-4-14/h9-10,14-15,17,28H,3-8,11H2,1-2H3,(H,23,24,25). The molecule has 3 heterocycles. The molecule has 7 nitrogen and oxygen atoms in total. The van der Waals surface area contributed by atoms with E-state index in [2.05, 4.69) is 20.4 Å². The van der Waals surface area contributed by atoms with E-state index in [1.165, 1.54) is 0 Å². The van der Waals surface area contributed by atoms with Gasteiger partial charge in [-0.2, -0.15) is 10.1 Å². The van der Waals surface area contributed by atoms with Gasteiger partial charge in [0.05, 0.1) is 30.0 Å². The molecule has 29 heavy (non-hydrogen) atoms. The fraction of sp³-hybridized carbons (Fsp3) is 0.650. The topological polar surface area (TPSA) is 85.1 Å². The van der Waals surface area contributed by atoms with Crippen molar-refractivity contribution in [3.63, 3.8) is 0 Å². The molecule has 9 heteroatoms. The lowest BCUT2D eigenvalue weighted by atomic mass is 9.92. The van der Waals surface area contributed by atoms with Crippen molar-refractivity contribution < 1.29 is 18.6 Å². The minimum Gasteiger partial charge on any atom is -0.392 e. The van der Waals surface area contributed by atoms with Crippen LogP contribution >= 0.6 is 0 Å². The molecule has 0 bridgehead atoms. The molecule has 1 aliphatic heterocycles. The van der Waals surface area contributed by atoms with Gasteiger partial charge in [-0.3, -0.25) is 0 Å². The molecule has 2 atom stereocenters. The number of aryl methyl sites for hydroxylation is 2. The number of alkyl halides is 2. The molecule has 0 radical (unpaired) electrons. The van der Waals surface area contributed by atoms with E-state index in [1.54, 1.807) is 10.7 Å². The summed E-state index contributed by atoms with van der Waals surface area (Å²) in [5.74, 6) is -1.88. The Kier molecular flexibility index (Phi) is 5.52. The van der Waals surface area contributed by atoms with Crippen LogP contribution < -0.4 is 5.32 Å². The first-order valence-corrected chi connectivity index (χ1v) is 10.1. The Labute approximate surface area is 168 Å². The quantitative estimate of drug-likeness (QED) is 0.810. The monoisotopic (exact) mass is 407 g/mol. The second-order valence-corrected chi connectivity index (χ2v) is 8.13. The Morgan fingerprint density at radius 3 is 2.59 bits per heavy atom. The third-order valence-corrected chi connectivity index (χ3v) is 5.70. The predicted octanol–water partition coefficient (Wildman–Crippen LogP) is 3.13. The zero-order valence-corrected chi connectivity index (χ0v) is 16.7. The highest BCUT2D eigenvalue weighted by molar-refractivity contribution is 5.41. The van der Waals surface area contributed by atoms with Crippen LogP contribution in [0.2, 0.25) is 0 Å². The zero-order chi connectivity index (χ0) is 20.6. The summed E-state index contributed by atoms with van der Waals surface area (Å²) in [6.45, 7) is 4.72. The van der Waals surface area contributed by atoms with Gasteiger partial charge >= 0.3 is 0 Å². The van der Waals surface area contributed by atoms with Gasteiger partial charge in [0.2, 0.25) is 5.92 Å². The van der Waals surface area contributed by atoms with Crippen molar-refractivity contribution in [2.24, 2.45) is 0 Å². The first kappa shape index (κ1) is 20.2. The van der Waals surface area contributed by atoms with Crippen molar-refractivity contribution in [2.45, 2.75) is 69.9 Å². The molecule has 2 aliphatic rings. The van der Waals surface area contributed by atoms with Crippen LogP contribution in [-0.4, -0.2) is 56.1 Å². The molecule has 0 amide bonds. The Morgan fingerprint density at radius 2 is 1.93 bits per heavy atom. The van der Waals surface area contributed by atoms with Gasteiger partial charge in [-0.05, 0) is 39.2 Å². The number of aliphatic hydroxyl groups is 1. The van der Waals surface area contributed by atoms with Crippen LogP contribution in [0.3, 0.4) is 0 Å². The Morgan fingerprint density at radius 1 is 1.17 bits per heavy atom. The van der Waals surface area contributed by atoms with Crippen molar-refractivity contribution in [3.05, 3.63) is 29.2 Å². The predicted molar refractivity (Wildman–Crippen MR) is 104 cm³/mol. The first-order valence-electron chi connectivity index (χ1n) is 10.1. The van der Waals surface area contributed by atoms with Crippen LogP contribution in [0.25, 0.3) is 5.95 Å². The highest BCUT2D eigenvalue weighted by Crippen LogP contribution is 2.34. The first-order chi connectivity index (χ1) is 13.8. The molecule has 2 aromatic heterocycles. The molecule has 0 spiro atoms. The van der Waals surface area contributed by atoms with E-state index >= 15 is 0 Å². The summed E-state index contributed by atoms with van der Waals surface area (Å²) in [6, 6.07) is 3.66. The Hall–Kier alpha value is -2.13. The summed E-state index contributed by atoms with van der Waals surface area (Å²) in [5, 5.41) is 18.2. The van der Waals surface area contributed by atoms with Gasteiger partial charge < -0.3 is 15.2 Å². The van der Waals surface area contributed by atoms with Gasteiger partial charge in [-0.15, -0.1) is 0 Å². The summed E-state index contributed by atoms with van der Waals surface area (Å²) in [6.07, 6.45) is 0.524. The van der Waals surface area contributed by atoms with Crippen molar-refractivity contribution >= 4 is 5.82 Å². The highest BCUT2D eigenvalue weighted by Gasteiger charge is 2.35. The minimum atomic E-state index is -2.58. The maximum atomic E-state index is 13.5. The molecule has 2 fully saturated rings. The smallest absolute Gasteiger partial charge is 0.252 e. The number of aromatic nitrogens is 4. The van der Waals surface area contributed by atoms with E-state index in [0.29, 0.717) is 49.9 Å². The molecular formula is C20H27F2N5O2. The summed E-state index contributed by atoms with van der Waals surface area (Å²) in [5.41, 5.74) is 2.41. The number of ether oxygens (including phenoxy) is 1. The molecule has 1 saturated heterocycles. The number of nitrogens with one attached hydrogen (secondary N) is 1. The second kappa shape index (κ2) is 7.95. The number of hydrogen-bond donors (Lipinski definition) is 2. The van der Waals surface area contributed by atoms with E-state index in [4.69, 9.17) is 4.74 Å². The molecule has 2 aromatic rings. The van der Waals surface area contributed by atoms with Gasteiger partial charge in [-0.25, -0.2) is 18.4 Å². The maximum Gasteiger partial charge on any atom is 0.252 e. The van der Waals surface area contributed by atoms with Crippen LogP contribution in [0.15, 0.2) is 12.1 Å². The third-order valence-electron chi connectivity index (χ3n) is 5.70. The van der Waals surface area contributed by atoms with Crippen LogP contribution in [0.4, 0.5) is 14.6 Å². The van der Waals surface area contributed by atoms with Gasteiger partial charge in [0.1, 0.15) is 5.82 Å². The Bertz CT molecular complexity index is 863. The number of nitrogens with zero attached hydrogens (tertiary/aromatic N) is 4. The van der Waals surface area contributed by atoms with Crippen LogP contribution in [0.1, 0.15) is 55.1 Å². The van der Waals surface area contributed by atoms with Crippen molar-refractivity contribution in [1.29, 1.82) is 0 Å². The molecule has 1 saturated carbocycles. The van der Waals surface area contributed by atoms with Crippen LogP contribution in [0.5, 0.6) is 0 Å².